The summed E-state index contributed by atoms with van der Waals surface area (Å²) in [5, 5.41) is 6.21. The van der Waals surface area contributed by atoms with Crippen molar-refractivity contribution in [2.24, 2.45) is 0 Å². The maximum absolute atomic E-state index is 12.9. The molecule has 30 heavy (non-hydrogen) atoms. The molecule has 0 saturated carbocycles. The molecule has 0 radical (unpaired) electrons. The van der Waals surface area contributed by atoms with Gasteiger partial charge in [-0.25, -0.2) is 18.3 Å². The molecule has 0 unspecified atom stereocenters. The number of carbonyl (C=O) groups is 1. The molecule has 0 aliphatic heterocycles. The number of rotatable bonds is 6. The van der Waals surface area contributed by atoms with Gasteiger partial charge in [0.25, 0.3) is 15.6 Å². The molecule has 0 amide bonds. The number of halogens is 1. The highest BCUT2D eigenvalue weighted by Crippen LogP contribution is 2.28. The largest absolute Gasteiger partial charge is 0.459 e. The van der Waals surface area contributed by atoms with Crippen LogP contribution in [0, 0.1) is 0 Å². The SMILES string of the molecule is CC(C)OC(=O)c1ccc(NS(=O)(=O)c2cc(-c3ccc(=O)[nH]n3)ccc2Cl)cc1. The Morgan fingerprint density at radius 1 is 1.10 bits per heavy atom. The number of nitrogens with one attached hydrogen (secondary N) is 2. The zero-order valence-electron chi connectivity index (χ0n) is 16.0. The standard InChI is InChI=1S/C20H18ClN3O5S/c1-12(2)29-20(26)13-3-6-15(7-4-13)24-30(27,28)18-11-14(5-8-16(18)21)17-9-10-19(25)23-22-17/h3-12,24H,1-2H3,(H,23,25). The van der Waals surface area contributed by atoms with Crippen molar-refractivity contribution in [1.82, 2.24) is 10.2 Å². The molecular formula is C20H18ClN3O5S. The first-order chi connectivity index (χ1) is 14.2. The Morgan fingerprint density at radius 3 is 2.40 bits per heavy atom. The van der Waals surface area contributed by atoms with E-state index in [2.05, 4.69) is 14.9 Å². The lowest BCUT2D eigenvalue weighted by molar-refractivity contribution is 0.0378. The van der Waals surface area contributed by atoms with Crippen LogP contribution in [0.4, 0.5) is 5.69 Å². The van der Waals surface area contributed by atoms with Gasteiger partial charge in [-0.1, -0.05) is 17.7 Å². The molecule has 0 fully saturated rings. The topological polar surface area (TPSA) is 118 Å². The van der Waals surface area contributed by atoms with Crippen molar-refractivity contribution in [3.63, 3.8) is 0 Å². The molecular weight excluding hydrogens is 430 g/mol. The lowest BCUT2D eigenvalue weighted by Crippen LogP contribution is -2.14. The molecule has 3 aromatic rings. The fourth-order valence-corrected chi connectivity index (χ4v) is 4.13. The van der Waals surface area contributed by atoms with E-state index in [0.29, 0.717) is 16.8 Å². The average molecular weight is 448 g/mol. The molecule has 3 rings (SSSR count). The number of aromatic amines is 1. The summed E-state index contributed by atoms with van der Waals surface area (Å²) in [6.07, 6.45) is -0.262. The quantitative estimate of drug-likeness (QED) is 0.558. The van der Waals surface area contributed by atoms with E-state index in [-0.39, 0.29) is 27.3 Å². The Balaban J connectivity index is 1.86. The molecule has 0 aliphatic carbocycles. The van der Waals surface area contributed by atoms with Crippen molar-refractivity contribution >= 4 is 33.3 Å². The molecule has 0 atom stereocenters. The van der Waals surface area contributed by atoms with Gasteiger partial charge in [0.1, 0.15) is 4.90 Å². The highest BCUT2D eigenvalue weighted by atomic mass is 35.5. The van der Waals surface area contributed by atoms with E-state index >= 15 is 0 Å². The third-order valence-corrected chi connectivity index (χ3v) is 5.77. The summed E-state index contributed by atoms with van der Waals surface area (Å²) in [5.41, 5.74) is 1.03. The van der Waals surface area contributed by atoms with Crippen molar-refractivity contribution in [3.8, 4) is 11.3 Å². The predicted octanol–water partition coefficient (Wildman–Crippen LogP) is 3.46. The molecule has 0 bridgehead atoms. The van der Waals surface area contributed by atoms with Crippen LogP contribution in [0.1, 0.15) is 24.2 Å². The summed E-state index contributed by atoms with van der Waals surface area (Å²) in [7, 11) is -4.03. The molecule has 2 N–H and O–H groups in total. The minimum atomic E-state index is -4.03. The third-order valence-electron chi connectivity index (χ3n) is 3.91. The van der Waals surface area contributed by atoms with Gasteiger partial charge in [0.15, 0.2) is 0 Å². The Hall–Kier alpha value is -3.17. The normalized spacial score (nSPS) is 11.3. The minimum absolute atomic E-state index is 0.0211. The predicted molar refractivity (Wildman–Crippen MR) is 113 cm³/mol. The Bertz CT molecular complexity index is 1220. The second-order valence-corrected chi connectivity index (χ2v) is 8.65. The molecule has 156 valence electrons. The van der Waals surface area contributed by atoms with Gasteiger partial charge >= 0.3 is 5.97 Å². The first kappa shape index (κ1) is 21.5. The summed E-state index contributed by atoms with van der Waals surface area (Å²) in [4.78, 5) is 22.9. The van der Waals surface area contributed by atoms with Gasteiger partial charge in [0, 0.05) is 17.3 Å². The summed E-state index contributed by atoms with van der Waals surface area (Å²) < 4.78 is 33.2. The molecule has 0 spiro atoms. The van der Waals surface area contributed by atoms with Crippen molar-refractivity contribution in [2.45, 2.75) is 24.8 Å². The van der Waals surface area contributed by atoms with Gasteiger partial charge in [-0.3, -0.25) is 9.52 Å². The number of ether oxygens (including phenoxy) is 1. The number of nitrogens with zero attached hydrogens (tertiary/aromatic N) is 1. The summed E-state index contributed by atoms with van der Waals surface area (Å²) in [6, 6.07) is 13.0. The molecule has 2 aromatic carbocycles. The number of sulfonamides is 1. The number of anilines is 1. The van der Waals surface area contributed by atoms with E-state index in [0.717, 1.165) is 0 Å². The number of H-pyrrole nitrogens is 1. The van der Waals surface area contributed by atoms with Crippen molar-refractivity contribution < 1.29 is 17.9 Å². The number of hydrogen-bond donors (Lipinski definition) is 2. The fourth-order valence-electron chi connectivity index (χ4n) is 2.54. The molecule has 1 heterocycles. The van der Waals surface area contributed by atoms with Crippen LogP contribution >= 0.6 is 11.6 Å². The van der Waals surface area contributed by atoms with Gasteiger partial charge in [0.05, 0.1) is 22.4 Å². The number of hydrogen-bond acceptors (Lipinski definition) is 6. The van der Waals surface area contributed by atoms with E-state index < -0.39 is 16.0 Å². The second kappa shape index (κ2) is 8.68. The van der Waals surface area contributed by atoms with E-state index in [1.54, 1.807) is 19.9 Å². The molecule has 10 heteroatoms. The smallest absolute Gasteiger partial charge is 0.338 e. The average Bonchev–Trinajstić information content (AvgIpc) is 2.68. The maximum Gasteiger partial charge on any atom is 0.338 e. The van der Waals surface area contributed by atoms with Gasteiger partial charge in [0.2, 0.25) is 0 Å². The number of benzene rings is 2. The van der Waals surface area contributed by atoms with Crippen LogP contribution in [0.25, 0.3) is 11.3 Å². The van der Waals surface area contributed by atoms with Crippen molar-refractivity contribution in [1.29, 1.82) is 0 Å². The van der Waals surface area contributed by atoms with E-state index in [1.807, 2.05) is 0 Å². The third kappa shape index (κ3) is 5.05. The fraction of sp³-hybridized carbons (Fsp3) is 0.150. The van der Waals surface area contributed by atoms with Gasteiger partial charge in [-0.15, -0.1) is 0 Å². The van der Waals surface area contributed by atoms with Crippen LogP contribution in [-0.2, 0) is 14.8 Å². The first-order valence-electron chi connectivity index (χ1n) is 8.85. The Morgan fingerprint density at radius 2 is 1.80 bits per heavy atom. The molecule has 8 nitrogen and oxygen atoms in total. The van der Waals surface area contributed by atoms with E-state index in [4.69, 9.17) is 16.3 Å². The second-order valence-electron chi connectivity index (χ2n) is 6.59. The molecule has 1 aromatic heterocycles. The van der Waals surface area contributed by atoms with Crippen LogP contribution in [0.3, 0.4) is 0 Å². The Kier molecular flexibility index (Phi) is 6.23. The van der Waals surface area contributed by atoms with Crippen LogP contribution in [0.2, 0.25) is 5.02 Å². The first-order valence-corrected chi connectivity index (χ1v) is 10.7. The zero-order valence-corrected chi connectivity index (χ0v) is 17.6. The summed E-state index contributed by atoms with van der Waals surface area (Å²) in [5.74, 6) is -0.497. The van der Waals surface area contributed by atoms with Crippen molar-refractivity contribution in [2.75, 3.05) is 4.72 Å². The number of aromatic nitrogens is 2. The number of esters is 1. The van der Waals surface area contributed by atoms with Crippen LogP contribution in [-0.4, -0.2) is 30.7 Å². The molecule has 0 saturated heterocycles. The zero-order chi connectivity index (χ0) is 21.9. The maximum atomic E-state index is 12.9. The monoisotopic (exact) mass is 447 g/mol. The highest BCUT2D eigenvalue weighted by molar-refractivity contribution is 7.92. The highest BCUT2D eigenvalue weighted by Gasteiger charge is 2.20. The lowest BCUT2D eigenvalue weighted by Gasteiger charge is -2.12. The van der Waals surface area contributed by atoms with Gasteiger partial charge < -0.3 is 4.74 Å². The van der Waals surface area contributed by atoms with Crippen molar-refractivity contribution in [3.05, 3.63) is 75.5 Å². The lowest BCUT2D eigenvalue weighted by atomic mass is 10.1. The summed E-state index contributed by atoms with van der Waals surface area (Å²) in [6.45, 7) is 3.47. The van der Waals surface area contributed by atoms with Crippen LogP contribution in [0.5, 0.6) is 0 Å². The van der Waals surface area contributed by atoms with Crippen LogP contribution in [0.15, 0.2) is 64.3 Å². The molecule has 0 aliphatic rings. The number of carbonyl (C=O) groups excluding carboxylic acids is 1. The van der Waals surface area contributed by atoms with Gasteiger partial charge in [-0.05, 0) is 56.3 Å². The van der Waals surface area contributed by atoms with E-state index in [1.165, 1.54) is 48.5 Å². The summed E-state index contributed by atoms with van der Waals surface area (Å²) >= 11 is 6.12. The Labute approximate surface area is 177 Å². The minimum Gasteiger partial charge on any atom is -0.459 e. The van der Waals surface area contributed by atoms with E-state index in [9.17, 15) is 18.0 Å². The van der Waals surface area contributed by atoms with Gasteiger partial charge in [-0.2, -0.15) is 5.10 Å². The van der Waals surface area contributed by atoms with Crippen LogP contribution < -0.4 is 10.3 Å².